The highest BCUT2D eigenvalue weighted by Gasteiger charge is 2.26. The zero-order valence-electron chi connectivity index (χ0n) is 17.2. The van der Waals surface area contributed by atoms with E-state index in [1.165, 1.54) is 13.2 Å². The van der Waals surface area contributed by atoms with Gasteiger partial charge in [-0.3, -0.25) is 14.9 Å². The molecule has 8 nitrogen and oxygen atoms in total. The van der Waals surface area contributed by atoms with E-state index in [0.717, 1.165) is 0 Å². The number of hydrogen-bond acceptors (Lipinski definition) is 8. The van der Waals surface area contributed by atoms with E-state index in [9.17, 15) is 19.5 Å². The van der Waals surface area contributed by atoms with E-state index in [-0.39, 0.29) is 29.8 Å². The number of phenolic OH excluding ortho intramolecular Hbond substituents is 1. The normalized spacial score (nSPS) is 12.4. The first-order valence-electron chi connectivity index (χ1n) is 9.56. The lowest BCUT2D eigenvalue weighted by molar-refractivity contribution is -0.141. The van der Waals surface area contributed by atoms with E-state index in [2.05, 4.69) is 17.9 Å². The molecule has 2 aromatic rings. The molecule has 0 aliphatic rings. The van der Waals surface area contributed by atoms with E-state index >= 15 is 0 Å². The molecule has 2 rings (SSSR count). The highest BCUT2D eigenvalue weighted by Crippen LogP contribution is 2.34. The molecule has 0 saturated heterocycles. The molecule has 0 unspecified atom stereocenters. The van der Waals surface area contributed by atoms with Crippen LogP contribution in [0, 0.1) is 5.92 Å². The second kappa shape index (κ2) is 11.8. The van der Waals surface area contributed by atoms with Gasteiger partial charge in [-0.2, -0.15) is 12.6 Å². The van der Waals surface area contributed by atoms with Crippen molar-refractivity contribution in [3.05, 3.63) is 59.7 Å². The van der Waals surface area contributed by atoms with E-state index < -0.39 is 24.1 Å². The van der Waals surface area contributed by atoms with Crippen LogP contribution in [0.4, 0.5) is 4.79 Å². The van der Waals surface area contributed by atoms with Crippen molar-refractivity contribution in [1.29, 1.82) is 0 Å². The maximum absolute atomic E-state index is 12.4. The Bertz CT molecular complexity index is 904. The zero-order chi connectivity index (χ0) is 22.8. The summed E-state index contributed by atoms with van der Waals surface area (Å²) >= 11 is 3.85. The lowest BCUT2D eigenvalue weighted by atomic mass is 9.94. The molecule has 9 heteroatoms. The molecule has 2 atom stereocenters. The summed E-state index contributed by atoms with van der Waals surface area (Å²) in [6, 6.07) is 12.9. The van der Waals surface area contributed by atoms with Gasteiger partial charge in [0.25, 0.3) is 5.91 Å². The standard InChI is InChI=1S/C22H25NO7S/c1-14(10-11-29-19(25)13-31)20(16-8-9-18(28-2)17(24)12-16)30-22(27)23-21(26)15-6-4-3-5-7-15/h3-9,12,14,20,24,31H,10-11,13H2,1-2H3,(H,23,26,27)/t14-,20+/m1/s1. The third-order valence-corrected chi connectivity index (χ3v) is 4.76. The fourth-order valence-corrected chi connectivity index (χ4v) is 2.94. The predicted octanol–water partition coefficient (Wildman–Crippen LogP) is 3.51. The number of methoxy groups -OCH3 is 1. The Morgan fingerprint density at radius 1 is 1.13 bits per heavy atom. The summed E-state index contributed by atoms with van der Waals surface area (Å²) in [6.07, 6.45) is -1.39. The fraction of sp³-hybridized carbons (Fsp3) is 0.318. The van der Waals surface area contributed by atoms with E-state index in [1.54, 1.807) is 49.4 Å². The van der Waals surface area contributed by atoms with Crippen LogP contribution >= 0.6 is 12.6 Å². The highest BCUT2D eigenvalue weighted by atomic mass is 32.1. The molecular formula is C22H25NO7S. The Morgan fingerprint density at radius 2 is 1.84 bits per heavy atom. The summed E-state index contributed by atoms with van der Waals surface area (Å²) in [5, 5.41) is 12.3. The number of carbonyl (C=O) groups excluding carboxylic acids is 3. The summed E-state index contributed by atoms with van der Waals surface area (Å²) in [6.45, 7) is 1.90. The Balaban J connectivity index is 2.14. The van der Waals surface area contributed by atoms with Crippen LogP contribution in [0.15, 0.2) is 48.5 Å². The smallest absolute Gasteiger partial charge is 0.414 e. The first-order valence-corrected chi connectivity index (χ1v) is 10.2. The second-order valence-corrected chi connectivity index (χ2v) is 7.04. The van der Waals surface area contributed by atoms with Crippen LogP contribution in [0.1, 0.15) is 35.4 Å². The van der Waals surface area contributed by atoms with Gasteiger partial charge in [-0.1, -0.05) is 31.2 Å². The van der Waals surface area contributed by atoms with Gasteiger partial charge in [0.2, 0.25) is 0 Å². The van der Waals surface area contributed by atoms with Gasteiger partial charge in [-0.15, -0.1) is 0 Å². The van der Waals surface area contributed by atoms with Gasteiger partial charge in [0.15, 0.2) is 11.5 Å². The number of imide groups is 1. The van der Waals surface area contributed by atoms with Gasteiger partial charge in [-0.05, 0) is 36.2 Å². The molecule has 2 N–H and O–H groups in total. The van der Waals surface area contributed by atoms with E-state index in [4.69, 9.17) is 14.2 Å². The van der Waals surface area contributed by atoms with Gasteiger partial charge in [0.1, 0.15) is 6.10 Å². The van der Waals surface area contributed by atoms with Crippen molar-refractivity contribution < 1.29 is 33.7 Å². The molecule has 0 radical (unpaired) electrons. The van der Waals surface area contributed by atoms with Gasteiger partial charge in [0.05, 0.1) is 19.5 Å². The number of thiol groups is 1. The minimum atomic E-state index is -0.937. The zero-order valence-corrected chi connectivity index (χ0v) is 18.1. The molecule has 2 aromatic carbocycles. The van der Waals surface area contributed by atoms with Crippen LogP contribution in [0.3, 0.4) is 0 Å². The molecule has 0 aromatic heterocycles. The third kappa shape index (κ3) is 7.21. The van der Waals surface area contributed by atoms with Crippen molar-refractivity contribution >= 4 is 30.6 Å². The van der Waals surface area contributed by atoms with Crippen LogP contribution in [0.5, 0.6) is 11.5 Å². The van der Waals surface area contributed by atoms with Crippen LogP contribution in [0.2, 0.25) is 0 Å². The molecule has 31 heavy (non-hydrogen) atoms. The lowest BCUT2D eigenvalue weighted by Crippen LogP contribution is -2.33. The number of aromatic hydroxyl groups is 1. The molecule has 0 aliphatic heterocycles. The average molecular weight is 448 g/mol. The molecular weight excluding hydrogens is 422 g/mol. The van der Waals surface area contributed by atoms with Gasteiger partial charge in [0, 0.05) is 11.5 Å². The third-order valence-electron chi connectivity index (χ3n) is 4.50. The minimum Gasteiger partial charge on any atom is -0.504 e. The van der Waals surface area contributed by atoms with Crippen molar-refractivity contribution in [1.82, 2.24) is 5.32 Å². The van der Waals surface area contributed by atoms with Crippen molar-refractivity contribution in [3.63, 3.8) is 0 Å². The van der Waals surface area contributed by atoms with Crippen LogP contribution in [0.25, 0.3) is 0 Å². The molecule has 0 fully saturated rings. The molecule has 0 heterocycles. The highest BCUT2D eigenvalue weighted by molar-refractivity contribution is 7.81. The predicted molar refractivity (Wildman–Crippen MR) is 116 cm³/mol. The number of alkyl carbamates (subject to hydrolysis) is 1. The quantitative estimate of drug-likeness (QED) is 0.398. The summed E-state index contributed by atoms with van der Waals surface area (Å²) in [5.74, 6) is -1.26. The Labute approximate surface area is 185 Å². The van der Waals surface area contributed by atoms with E-state index in [0.29, 0.717) is 17.5 Å². The molecule has 0 aliphatic carbocycles. The summed E-state index contributed by atoms with van der Waals surface area (Å²) in [7, 11) is 1.42. The number of nitrogens with one attached hydrogen (secondary N) is 1. The number of amides is 2. The lowest BCUT2D eigenvalue weighted by Gasteiger charge is -2.25. The van der Waals surface area contributed by atoms with Crippen molar-refractivity contribution in [3.8, 4) is 11.5 Å². The number of benzene rings is 2. The molecule has 0 spiro atoms. The maximum atomic E-state index is 12.4. The van der Waals surface area contributed by atoms with Crippen LogP contribution < -0.4 is 10.1 Å². The first kappa shape index (κ1) is 24.1. The van der Waals surface area contributed by atoms with Gasteiger partial charge in [-0.25, -0.2) is 4.79 Å². The minimum absolute atomic E-state index is 0.0370. The monoisotopic (exact) mass is 447 g/mol. The summed E-state index contributed by atoms with van der Waals surface area (Å²) in [5.41, 5.74) is 0.804. The molecule has 166 valence electrons. The van der Waals surface area contributed by atoms with E-state index in [1.807, 2.05) is 0 Å². The fourth-order valence-electron chi connectivity index (χ4n) is 2.85. The number of esters is 1. The van der Waals surface area contributed by atoms with Crippen LogP contribution in [-0.2, 0) is 14.3 Å². The SMILES string of the molecule is COc1ccc([C@@H](OC(=O)NC(=O)c2ccccc2)[C@H](C)CCOC(=O)CS)cc1O. The Hall–Kier alpha value is -3.20. The first-order chi connectivity index (χ1) is 14.8. The number of ether oxygens (including phenoxy) is 3. The van der Waals surface area contributed by atoms with Gasteiger partial charge < -0.3 is 19.3 Å². The van der Waals surface area contributed by atoms with Crippen molar-refractivity contribution in [2.24, 2.45) is 5.92 Å². The largest absolute Gasteiger partial charge is 0.504 e. The number of carbonyl (C=O) groups is 3. The second-order valence-electron chi connectivity index (χ2n) is 6.72. The Kier molecular flexibility index (Phi) is 9.20. The molecule has 0 saturated carbocycles. The average Bonchev–Trinajstić information content (AvgIpc) is 2.77. The molecule has 2 amide bonds. The van der Waals surface area contributed by atoms with Crippen LogP contribution in [-0.4, -0.2) is 42.5 Å². The summed E-state index contributed by atoms with van der Waals surface area (Å²) in [4.78, 5) is 35.9. The van der Waals surface area contributed by atoms with Crippen molar-refractivity contribution in [2.75, 3.05) is 19.5 Å². The summed E-state index contributed by atoms with van der Waals surface area (Å²) < 4.78 is 15.6. The topological polar surface area (TPSA) is 111 Å². The number of phenols is 1. The molecule has 0 bridgehead atoms. The van der Waals surface area contributed by atoms with Gasteiger partial charge >= 0.3 is 12.1 Å². The number of hydrogen-bond donors (Lipinski definition) is 3. The maximum Gasteiger partial charge on any atom is 0.414 e. The number of rotatable bonds is 9. The Morgan fingerprint density at radius 3 is 2.45 bits per heavy atom. The van der Waals surface area contributed by atoms with Crippen molar-refractivity contribution in [2.45, 2.75) is 19.4 Å².